The molecule has 0 saturated heterocycles. The van der Waals surface area contributed by atoms with Crippen molar-refractivity contribution in [2.75, 3.05) is 6.54 Å². The van der Waals surface area contributed by atoms with Crippen LogP contribution in [0.3, 0.4) is 0 Å². The first-order valence-corrected chi connectivity index (χ1v) is 10.8. The van der Waals surface area contributed by atoms with Gasteiger partial charge in [-0.1, -0.05) is 48.0 Å². The minimum absolute atomic E-state index is 0.0920. The van der Waals surface area contributed by atoms with Gasteiger partial charge in [0.2, 0.25) is 0 Å². The van der Waals surface area contributed by atoms with E-state index in [1.165, 1.54) is 12.1 Å². The summed E-state index contributed by atoms with van der Waals surface area (Å²) in [5, 5.41) is 4.20. The molecule has 9 heteroatoms. The molecule has 3 aromatic carbocycles. The molecule has 0 aliphatic carbocycles. The number of carbonyl (C=O) groups excluding carboxylic acids is 1. The van der Waals surface area contributed by atoms with Gasteiger partial charge in [-0.05, 0) is 53.4 Å². The number of aromatic amines is 1. The maximum atomic E-state index is 13.1. The average Bonchev–Trinajstić information content (AvgIpc) is 3.20. The lowest BCUT2D eigenvalue weighted by molar-refractivity contribution is -0.274. The molecular formula is C25H21ClF3N3O2. The van der Waals surface area contributed by atoms with Crippen LogP contribution in [-0.2, 0) is 6.42 Å². The van der Waals surface area contributed by atoms with Crippen molar-refractivity contribution in [1.29, 1.82) is 0 Å². The van der Waals surface area contributed by atoms with E-state index in [2.05, 4.69) is 15.0 Å². The zero-order chi connectivity index (χ0) is 24.3. The van der Waals surface area contributed by atoms with Gasteiger partial charge in [0.1, 0.15) is 5.75 Å². The molecule has 0 saturated carbocycles. The molecule has 0 radical (unpaired) electrons. The van der Waals surface area contributed by atoms with E-state index in [1.54, 1.807) is 24.3 Å². The maximum absolute atomic E-state index is 13.1. The van der Waals surface area contributed by atoms with Crippen LogP contribution >= 0.6 is 11.6 Å². The number of ether oxygens (including phenoxy) is 1. The second kappa shape index (κ2) is 9.79. The van der Waals surface area contributed by atoms with Crippen molar-refractivity contribution in [2.45, 2.75) is 18.8 Å². The Morgan fingerprint density at radius 2 is 1.82 bits per heavy atom. The van der Waals surface area contributed by atoms with Crippen LogP contribution in [0.2, 0.25) is 5.02 Å². The van der Waals surface area contributed by atoms with Gasteiger partial charge in [-0.2, -0.15) is 0 Å². The Balaban J connectivity index is 1.63. The molecule has 0 bridgehead atoms. The van der Waals surface area contributed by atoms with E-state index in [9.17, 15) is 18.0 Å². The number of halogens is 4. The Bertz CT molecular complexity index is 1320. The first-order chi connectivity index (χ1) is 16.2. The SMILES string of the molecule is NCC(Cc1c[nH]c2ccccc12)NC(=O)c1cc(-c2cccc(Cl)c2)ccc1OC(F)(F)F. The number of alkyl halides is 3. The Hall–Kier alpha value is -3.49. The average molecular weight is 488 g/mol. The molecule has 1 amide bonds. The van der Waals surface area contributed by atoms with Crippen LogP contribution in [-0.4, -0.2) is 29.8 Å². The molecule has 0 fully saturated rings. The highest BCUT2D eigenvalue weighted by Gasteiger charge is 2.33. The Morgan fingerprint density at radius 1 is 1.06 bits per heavy atom. The van der Waals surface area contributed by atoms with E-state index in [1.807, 2.05) is 30.5 Å². The number of benzene rings is 3. The Morgan fingerprint density at radius 3 is 2.56 bits per heavy atom. The van der Waals surface area contributed by atoms with Gasteiger partial charge < -0.3 is 20.8 Å². The number of rotatable bonds is 7. The summed E-state index contributed by atoms with van der Waals surface area (Å²) in [6.45, 7) is 0.0920. The number of hydrogen-bond acceptors (Lipinski definition) is 3. The fraction of sp³-hybridized carbons (Fsp3) is 0.160. The minimum atomic E-state index is -4.95. The van der Waals surface area contributed by atoms with Crippen molar-refractivity contribution in [2.24, 2.45) is 5.73 Å². The van der Waals surface area contributed by atoms with Crippen molar-refractivity contribution < 1.29 is 22.7 Å². The molecule has 0 spiro atoms. The quantitative estimate of drug-likeness (QED) is 0.313. The van der Waals surface area contributed by atoms with E-state index in [0.717, 1.165) is 22.5 Å². The van der Waals surface area contributed by atoms with Crippen molar-refractivity contribution in [1.82, 2.24) is 10.3 Å². The third kappa shape index (κ3) is 5.52. The molecule has 1 atom stereocenters. The number of para-hydroxylation sites is 1. The van der Waals surface area contributed by atoms with Crippen LogP contribution in [0.15, 0.2) is 72.9 Å². The lowest BCUT2D eigenvalue weighted by Crippen LogP contribution is -2.42. The standard InChI is InChI=1S/C25H21ClF3N3O2/c26-18-5-3-4-15(10-18)16-8-9-23(34-25(27,28)29)21(12-16)24(33)32-19(13-30)11-17-14-31-22-7-2-1-6-20(17)22/h1-10,12,14,19,31H,11,13,30H2,(H,32,33). The Kier molecular flexibility index (Phi) is 6.81. The Labute approximate surface area is 198 Å². The van der Waals surface area contributed by atoms with Gasteiger partial charge in [0.15, 0.2) is 0 Å². The second-order valence-corrected chi connectivity index (χ2v) is 8.18. The highest BCUT2D eigenvalue weighted by molar-refractivity contribution is 6.30. The molecule has 176 valence electrons. The van der Waals surface area contributed by atoms with Gasteiger partial charge >= 0.3 is 6.36 Å². The number of fused-ring (bicyclic) bond motifs is 1. The van der Waals surface area contributed by atoms with Crippen molar-refractivity contribution >= 4 is 28.4 Å². The normalized spacial score (nSPS) is 12.5. The molecule has 34 heavy (non-hydrogen) atoms. The number of hydrogen-bond donors (Lipinski definition) is 3. The predicted octanol–water partition coefficient (Wildman–Crippen LogP) is 5.69. The molecule has 4 N–H and O–H groups in total. The lowest BCUT2D eigenvalue weighted by Gasteiger charge is -2.19. The predicted molar refractivity (Wildman–Crippen MR) is 126 cm³/mol. The van der Waals surface area contributed by atoms with Gasteiger partial charge in [0.05, 0.1) is 5.56 Å². The zero-order valence-electron chi connectivity index (χ0n) is 17.8. The van der Waals surface area contributed by atoms with E-state index in [0.29, 0.717) is 22.6 Å². The number of amides is 1. The van der Waals surface area contributed by atoms with Gasteiger partial charge in [-0.3, -0.25) is 4.79 Å². The number of aromatic nitrogens is 1. The zero-order valence-corrected chi connectivity index (χ0v) is 18.6. The van der Waals surface area contributed by atoms with Gasteiger partial charge in [0, 0.05) is 34.7 Å². The summed E-state index contributed by atoms with van der Waals surface area (Å²) >= 11 is 6.04. The molecule has 0 aliphatic heterocycles. The number of H-pyrrole nitrogens is 1. The van der Waals surface area contributed by atoms with Gasteiger partial charge in [0.25, 0.3) is 5.91 Å². The molecular weight excluding hydrogens is 467 g/mol. The maximum Gasteiger partial charge on any atom is 0.573 e. The molecule has 1 heterocycles. The van der Waals surface area contributed by atoms with Gasteiger partial charge in [-0.15, -0.1) is 13.2 Å². The molecule has 4 rings (SSSR count). The van der Waals surface area contributed by atoms with E-state index in [4.69, 9.17) is 17.3 Å². The van der Waals surface area contributed by atoms with E-state index in [-0.39, 0.29) is 12.1 Å². The molecule has 1 unspecified atom stereocenters. The summed E-state index contributed by atoms with van der Waals surface area (Å²) in [6.07, 6.45) is -2.73. The van der Waals surface area contributed by atoms with Crippen LogP contribution in [0, 0.1) is 0 Å². The van der Waals surface area contributed by atoms with Crippen molar-refractivity contribution in [3.8, 4) is 16.9 Å². The third-order valence-corrected chi connectivity index (χ3v) is 5.60. The fourth-order valence-corrected chi connectivity index (χ4v) is 3.98. The summed E-state index contributed by atoms with van der Waals surface area (Å²) in [4.78, 5) is 16.3. The third-order valence-electron chi connectivity index (χ3n) is 5.37. The van der Waals surface area contributed by atoms with Crippen LogP contribution in [0.1, 0.15) is 15.9 Å². The monoisotopic (exact) mass is 487 g/mol. The van der Waals surface area contributed by atoms with E-state index >= 15 is 0 Å². The van der Waals surface area contributed by atoms with Crippen molar-refractivity contribution in [3.05, 3.63) is 89.1 Å². The summed E-state index contributed by atoms with van der Waals surface area (Å²) in [5.74, 6) is -1.32. The van der Waals surface area contributed by atoms with E-state index < -0.39 is 24.1 Å². The largest absolute Gasteiger partial charge is 0.573 e. The highest BCUT2D eigenvalue weighted by Crippen LogP contribution is 2.32. The van der Waals surface area contributed by atoms with Crippen molar-refractivity contribution in [3.63, 3.8) is 0 Å². The topological polar surface area (TPSA) is 80.1 Å². The second-order valence-electron chi connectivity index (χ2n) is 7.74. The summed E-state index contributed by atoms with van der Waals surface area (Å²) < 4.78 is 43.1. The minimum Gasteiger partial charge on any atom is -0.405 e. The molecule has 0 aliphatic rings. The highest BCUT2D eigenvalue weighted by atomic mass is 35.5. The number of nitrogens with two attached hydrogens (primary N) is 1. The first-order valence-electron chi connectivity index (χ1n) is 10.4. The molecule has 1 aromatic heterocycles. The molecule has 5 nitrogen and oxygen atoms in total. The van der Waals surface area contributed by atoms with Crippen LogP contribution < -0.4 is 15.8 Å². The number of carbonyl (C=O) groups is 1. The summed E-state index contributed by atoms with van der Waals surface area (Å²) in [7, 11) is 0. The first kappa shape index (κ1) is 23.7. The van der Waals surface area contributed by atoms with Gasteiger partial charge in [-0.25, -0.2) is 0 Å². The van der Waals surface area contributed by atoms with Crippen LogP contribution in [0.5, 0.6) is 5.75 Å². The fourth-order valence-electron chi connectivity index (χ4n) is 3.79. The van der Waals surface area contributed by atoms with Crippen LogP contribution in [0.25, 0.3) is 22.0 Å². The molecule has 4 aromatic rings. The van der Waals surface area contributed by atoms with Crippen LogP contribution in [0.4, 0.5) is 13.2 Å². The lowest BCUT2D eigenvalue weighted by atomic mass is 10.0. The summed E-state index contributed by atoms with van der Waals surface area (Å²) in [5.41, 5.74) is 8.67. The number of nitrogens with one attached hydrogen (secondary N) is 2. The smallest absolute Gasteiger partial charge is 0.405 e. The summed E-state index contributed by atoms with van der Waals surface area (Å²) in [6, 6.07) is 17.9.